The average Bonchev–Trinajstić information content (AvgIpc) is 3.09. The Morgan fingerprint density at radius 1 is 1.12 bits per heavy atom. The molecule has 1 saturated heterocycles. The fourth-order valence-corrected chi connectivity index (χ4v) is 2.56. The topological polar surface area (TPSA) is 58.1 Å². The largest absolute Gasteiger partial charge is 0.416 e. The quantitative estimate of drug-likeness (QED) is 0.934. The lowest BCUT2D eigenvalue weighted by atomic mass is 10.2. The Balaban J connectivity index is 1.76. The summed E-state index contributed by atoms with van der Waals surface area (Å²) in [6, 6.07) is 6.03. The van der Waals surface area contributed by atoms with Gasteiger partial charge in [-0.3, -0.25) is 4.79 Å². The number of benzene rings is 1. The number of hydrogen-bond donors (Lipinski definition) is 1. The molecule has 0 bridgehead atoms. The molecule has 5 nitrogen and oxygen atoms in total. The fraction of sp³-hybridized carbons (Fsp3) is 0.312. The minimum Gasteiger partial charge on any atom is -0.357 e. The summed E-state index contributed by atoms with van der Waals surface area (Å²) in [4.78, 5) is 22.3. The maximum Gasteiger partial charge on any atom is 0.416 e. The molecule has 1 fully saturated rings. The number of alkyl halides is 3. The summed E-state index contributed by atoms with van der Waals surface area (Å²) < 4.78 is 38.1. The Morgan fingerprint density at radius 2 is 1.88 bits per heavy atom. The van der Waals surface area contributed by atoms with E-state index in [9.17, 15) is 18.0 Å². The number of nitrogens with zero attached hydrogens (tertiary/aromatic N) is 3. The van der Waals surface area contributed by atoms with Gasteiger partial charge in [0.25, 0.3) is 5.91 Å². The third-order valence-electron chi connectivity index (χ3n) is 3.76. The first-order chi connectivity index (χ1) is 11.4. The summed E-state index contributed by atoms with van der Waals surface area (Å²) >= 11 is 0. The van der Waals surface area contributed by atoms with Crippen LogP contribution in [0.3, 0.4) is 0 Å². The first-order valence-electron chi connectivity index (χ1n) is 7.49. The second kappa shape index (κ2) is 6.46. The molecule has 1 amide bonds. The van der Waals surface area contributed by atoms with Gasteiger partial charge in [0.2, 0.25) is 0 Å². The number of rotatable bonds is 3. The lowest BCUT2D eigenvalue weighted by Crippen LogP contribution is -2.21. The number of aromatic nitrogens is 2. The molecule has 1 aromatic heterocycles. The van der Waals surface area contributed by atoms with Gasteiger partial charge in [0.15, 0.2) is 0 Å². The summed E-state index contributed by atoms with van der Waals surface area (Å²) in [5, 5.41) is 2.44. The van der Waals surface area contributed by atoms with E-state index in [1.165, 1.54) is 18.5 Å². The van der Waals surface area contributed by atoms with E-state index in [0.717, 1.165) is 38.1 Å². The number of anilines is 2. The van der Waals surface area contributed by atoms with Gasteiger partial charge in [0, 0.05) is 24.8 Å². The van der Waals surface area contributed by atoms with Crippen LogP contribution in [-0.2, 0) is 6.18 Å². The molecule has 8 heteroatoms. The standard InChI is InChI=1S/C16H15F3N4O/c17-16(18,19)11-4-3-5-12(8-11)22-15(24)13-9-14(21-10-20-13)23-6-1-2-7-23/h3-5,8-10H,1-2,6-7H2,(H,22,24). The predicted octanol–water partition coefficient (Wildman–Crippen LogP) is 3.35. The van der Waals surface area contributed by atoms with Gasteiger partial charge in [-0.25, -0.2) is 9.97 Å². The minimum atomic E-state index is -4.46. The van der Waals surface area contributed by atoms with Crippen LogP contribution < -0.4 is 10.2 Å². The summed E-state index contributed by atoms with van der Waals surface area (Å²) in [5.74, 6) is 0.0777. The van der Waals surface area contributed by atoms with Gasteiger partial charge < -0.3 is 10.2 Å². The fourth-order valence-electron chi connectivity index (χ4n) is 2.56. The van der Waals surface area contributed by atoms with Crippen molar-refractivity contribution in [1.29, 1.82) is 0 Å². The van der Waals surface area contributed by atoms with Gasteiger partial charge in [-0.05, 0) is 31.0 Å². The number of amides is 1. The molecule has 1 aliphatic rings. The van der Waals surface area contributed by atoms with E-state index in [1.54, 1.807) is 6.07 Å². The van der Waals surface area contributed by atoms with Gasteiger partial charge in [-0.15, -0.1) is 0 Å². The Hall–Kier alpha value is -2.64. The number of carbonyl (C=O) groups is 1. The molecule has 0 radical (unpaired) electrons. The Labute approximate surface area is 136 Å². The second-order valence-corrected chi connectivity index (χ2v) is 5.49. The highest BCUT2D eigenvalue weighted by molar-refractivity contribution is 6.03. The van der Waals surface area contributed by atoms with Crippen LogP contribution in [0.2, 0.25) is 0 Å². The van der Waals surface area contributed by atoms with Crippen LogP contribution in [0.4, 0.5) is 24.7 Å². The maximum atomic E-state index is 12.7. The van der Waals surface area contributed by atoms with E-state index in [2.05, 4.69) is 15.3 Å². The normalized spacial score (nSPS) is 14.7. The summed E-state index contributed by atoms with van der Waals surface area (Å²) in [7, 11) is 0. The van der Waals surface area contributed by atoms with Gasteiger partial charge in [-0.2, -0.15) is 13.2 Å². The first kappa shape index (κ1) is 16.2. The lowest BCUT2D eigenvalue weighted by molar-refractivity contribution is -0.137. The summed E-state index contributed by atoms with van der Waals surface area (Å²) in [6.45, 7) is 1.73. The van der Waals surface area contributed by atoms with Crippen LogP contribution >= 0.6 is 0 Å². The van der Waals surface area contributed by atoms with Crippen molar-refractivity contribution in [2.45, 2.75) is 19.0 Å². The van der Waals surface area contributed by atoms with Crippen LogP contribution in [0.1, 0.15) is 28.9 Å². The van der Waals surface area contributed by atoms with Crippen LogP contribution in [0.25, 0.3) is 0 Å². The third-order valence-corrected chi connectivity index (χ3v) is 3.76. The van der Waals surface area contributed by atoms with E-state index < -0.39 is 17.6 Å². The van der Waals surface area contributed by atoms with Crippen LogP contribution in [-0.4, -0.2) is 29.0 Å². The van der Waals surface area contributed by atoms with Crippen molar-refractivity contribution in [3.63, 3.8) is 0 Å². The highest BCUT2D eigenvalue weighted by Gasteiger charge is 2.30. The molecule has 3 rings (SSSR count). The van der Waals surface area contributed by atoms with Crippen molar-refractivity contribution < 1.29 is 18.0 Å². The number of hydrogen-bond acceptors (Lipinski definition) is 4. The van der Waals surface area contributed by atoms with Crippen molar-refractivity contribution >= 4 is 17.4 Å². The monoisotopic (exact) mass is 336 g/mol. The zero-order valence-corrected chi connectivity index (χ0v) is 12.7. The molecular formula is C16H15F3N4O. The van der Waals surface area contributed by atoms with Crippen LogP contribution in [0.5, 0.6) is 0 Å². The summed E-state index contributed by atoms with van der Waals surface area (Å²) in [5.41, 5.74) is -0.638. The number of carbonyl (C=O) groups excluding carboxylic acids is 1. The molecule has 126 valence electrons. The number of halogens is 3. The van der Waals surface area contributed by atoms with E-state index >= 15 is 0 Å². The molecular weight excluding hydrogens is 321 g/mol. The molecule has 24 heavy (non-hydrogen) atoms. The Kier molecular flexibility index (Phi) is 4.37. The SMILES string of the molecule is O=C(Nc1cccc(C(F)(F)F)c1)c1cc(N2CCCC2)ncn1. The van der Waals surface area contributed by atoms with Gasteiger partial charge in [-0.1, -0.05) is 6.07 Å². The van der Waals surface area contributed by atoms with Crippen molar-refractivity contribution in [2.75, 3.05) is 23.3 Å². The van der Waals surface area contributed by atoms with Crippen molar-refractivity contribution in [2.24, 2.45) is 0 Å². The Bertz CT molecular complexity index is 742. The molecule has 2 heterocycles. The van der Waals surface area contributed by atoms with Crippen molar-refractivity contribution in [1.82, 2.24) is 9.97 Å². The maximum absolute atomic E-state index is 12.7. The van der Waals surface area contributed by atoms with E-state index in [0.29, 0.717) is 5.82 Å². The van der Waals surface area contributed by atoms with E-state index in [4.69, 9.17) is 0 Å². The molecule has 0 spiro atoms. The van der Waals surface area contributed by atoms with E-state index in [1.807, 2.05) is 4.90 Å². The highest BCUT2D eigenvalue weighted by atomic mass is 19.4. The zero-order valence-electron chi connectivity index (χ0n) is 12.7. The van der Waals surface area contributed by atoms with Crippen LogP contribution in [0.15, 0.2) is 36.7 Å². The van der Waals surface area contributed by atoms with Crippen molar-refractivity contribution in [3.8, 4) is 0 Å². The smallest absolute Gasteiger partial charge is 0.357 e. The van der Waals surface area contributed by atoms with Gasteiger partial charge in [0.1, 0.15) is 17.8 Å². The average molecular weight is 336 g/mol. The van der Waals surface area contributed by atoms with Crippen LogP contribution in [0, 0.1) is 0 Å². The summed E-state index contributed by atoms with van der Waals surface area (Å²) in [6.07, 6.45) is -1.04. The lowest BCUT2D eigenvalue weighted by Gasteiger charge is -2.16. The molecule has 0 atom stereocenters. The van der Waals surface area contributed by atoms with E-state index in [-0.39, 0.29) is 11.4 Å². The third kappa shape index (κ3) is 3.64. The van der Waals surface area contributed by atoms with Gasteiger partial charge in [0.05, 0.1) is 5.56 Å². The molecule has 1 aromatic carbocycles. The van der Waals surface area contributed by atoms with Crippen molar-refractivity contribution in [3.05, 3.63) is 47.9 Å². The minimum absolute atomic E-state index is 0.0659. The first-order valence-corrected chi connectivity index (χ1v) is 7.49. The highest BCUT2D eigenvalue weighted by Crippen LogP contribution is 2.30. The Morgan fingerprint density at radius 3 is 2.58 bits per heavy atom. The predicted molar refractivity (Wildman–Crippen MR) is 82.9 cm³/mol. The molecule has 0 unspecified atom stereocenters. The molecule has 1 N–H and O–H groups in total. The molecule has 1 aliphatic heterocycles. The zero-order chi connectivity index (χ0) is 17.2. The molecule has 2 aromatic rings. The second-order valence-electron chi connectivity index (χ2n) is 5.49. The number of nitrogens with one attached hydrogen (secondary N) is 1. The molecule has 0 aliphatic carbocycles. The van der Waals surface area contributed by atoms with Gasteiger partial charge >= 0.3 is 6.18 Å². The molecule has 0 saturated carbocycles.